The molecule has 5 rings (SSSR count). The lowest BCUT2D eigenvalue weighted by molar-refractivity contribution is 0.0448. The Balaban J connectivity index is 1.49. The molecule has 30 heavy (non-hydrogen) atoms. The summed E-state index contributed by atoms with van der Waals surface area (Å²) in [5.41, 5.74) is 0.983. The van der Waals surface area contributed by atoms with E-state index in [0.29, 0.717) is 35.0 Å². The molecule has 0 radical (unpaired) electrons. The summed E-state index contributed by atoms with van der Waals surface area (Å²) in [6, 6.07) is 5.30. The Kier molecular flexibility index (Phi) is 4.43. The van der Waals surface area contributed by atoms with Crippen LogP contribution in [0.2, 0.25) is 0 Å². The molecule has 0 aliphatic heterocycles. The second kappa shape index (κ2) is 7.13. The molecule has 3 heterocycles. The van der Waals surface area contributed by atoms with Crippen molar-refractivity contribution >= 4 is 28.9 Å². The number of aliphatic hydroxyl groups is 1. The standard InChI is InChI=1S/C20H23N7O3/c1-21-17-9-16(23-14-3-2-8-26(20(14)30)11-4-5-11)25-18-12(10-22-27(17)18)19(29)24-13-6-7-15(13)28/h2-3,8-11,13,15,21,28H,4-7H2,1H3,(H,23,25)(H,24,29). The number of aromatic nitrogens is 4. The van der Waals surface area contributed by atoms with Gasteiger partial charge in [0.25, 0.3) is 11.5 Å². The van der Waals surface area contributed by atoms with E-state index in [-0.39, 0.29) is 23.6 Å². The molecule has 2 aliphatic rings. The summed E-state index contributed by atoms with van der Waals surface area (Å²) in [5, 5.41) is 23.0. The van der Waals surface area contributed by atoms with Crippen LogP contribution in [0, 0.1) is 0 Å². The van der Waals surface area contributed by atoms with E-state index in [2.05, 4.69) is 26.0 Å². The van der Waals surface area contributed by atoms with Gasteiger partial charge >= 0.3 is 0 Å². The Morgan fingerprint density at radius 2 is 2.10 bits per heavy atom. The zero-order valence-electron chi connectivity index (χ0n) is 16.5. The number of hydrogen-bond donors (Lipinski definition) is 4. The van der Waals surface area contributed by atoms with Crippen molar-refractivity contribution in [1.82, 2.24) is 24.5 Å². The van der Waals surface area contributed by atoms with Crippen molar-refractivity contribution in [1.29, 1.82) is 0 Å². The number of nitrogens with one attached hydrogen (secondary N) is 3. The minimum Gasteiger partial charge on any atom is -0.391 e. The first-order valence-corrected chi connectivity index (χ1v) is 10.1. The first kappa shape index (κ1) is 18.6. The molecular formula is C20H23N7O3. The number of amides is 1. The second-order valence-electron chi connectivity index (χ2n) is 7.79. The molecular weight excluding hydrogens is 386 g/mol. The van der Waals surface area contributed by atoms with Crippen LogP contribution in [-0.2, 0) is 0 Å². The summed E-state index contributed by atoms with van der Waals surface area (Å²) in [5.74, 6) is 0.704. The number of nitrogens with zero attached hydrogens (tertiary/aromatic N) is 4. The zero-order chi connectivity index (χ0) is 20.8. The fourth-order valence-corrected chi connectivity index (χ4v) is 3.65. The van der Waals surface area contributed by atoms with Gasteiger partial charge in [-0.3, -0.25) is 9.59 Å². The molecule has 4 N–H and O–H groups in total. The van der Waals surface area contributed by atoms with Crippen LogP contribution in [0.15, 0.2) is 35.4 Å². The molecule has 10 nitrogen and oxygen atoms in total. The number of pyridine rings is 1. The number of fused-ring (bicyclic) bond motifs is 1. The van der Waals surface area contributed by atoms with E-state index >= 15 is 0 Å². The van der Waals surface area contributed by atoms with Crippen molar-refractivity contribution in [3.05, 3.63) is 46.5 Å². The Morgan fingerprint density at radius 3 is 2.77 bits per heavy atom. The monoisotopic (exact) mass is 409 g/mol. The fourth-order valence-electron chi connectivity index (χ4n) is 3.65. The summed E-state index contributed by atoms with van der Waals surface area (Å²) in [4.78, 5) is 30.0. The maximum absolute atomic E-state index is 12.7. The molecule has 0 bridgehead atoms. The van der Waals surface area contributed by atoms with Crippen LogP contribution in [0.5, 0.6) is 0 Å². The minimum atomic E-state index is -0.513. The van der Waals surface area contributed by atoms with Crippen molar-refractivity contribution in [2.75, 3.05) is 17.7 Å². The minimum absolute atomic E-state index is 0.0990. The summed E-state index contributed by atoms with van der Waals surface area (Å²) < 4.78 is 3.27. The summed E-state index contributed by atoms with van der Waals surface area (Å²) >= 11 is 0. The highest BCUT2D eigenvalue weighted by atomic mass is 16.3. The van der Waals surface area contributed by atoms with Gasteiger partial charge in [-0.2, -0.15) is 9.61 Å². The van der Waals surface area contributed by atoms with Gasteiger partial charge in [0, 0.05) is 25.4 Å². The highest BCUT2D eigenvalue weighted by Gasteiger charge is 2.31. The van der Waals surface area contributed by atoms with Crippen LogP contribution in [0.1, 0.15) is 42.1 Å². The number of carbonyl (C=O) groups excluding carboxylic acids is 1. The average Bonchev–Trinajstić information content (AvgIpc) is 3.50. The molecule has 2 unspecified atom stereocenters. The van der Waals surface area contributed by atoms with Crippen molar-refractivity contribution in [2.45, 2.75) is 43.9 Å². The normalized spacial score (nSPS) is 20.6. The molecule has 10 heteroatoms. The number of hydrogen-bond acceptors (Lipinski definition) is 7. The van der Waals surface area contributed by atoms with Crippen LogP contribution >= 0.6 is 0 Å². The molecule has 3 aromatic heterocycles. The smallest absolute Gasteiger partial charge is 0.274 e. The van der Waals surface area contributed by atoms with E-state index < -0.39 is 6.10 Å². The lowest BCUT2D eigenvalue weighted by Gasteiger charge is -2.32. The summed E-state index contributed by atoms with van der Waals surface area (Å²) in [6.07, 6.45) is 6.20. The molecule has 3 aromatic rings. The fraction of sp³-hybridized carbons (Fsp3) is 0.400. The lowest BCUT2D eigenvalue weighted by Crippen LogP contribution is -2.50. The topological polar surface area (TPSA) is 126 Å². The molecule has 2 saturated carbocycles. The van der Waals surface area contributed by atoms with E-state index in [9.17, 15) is 14.7 Å². The largest absolute Gasteiger partial charge is 0.391 e. The van der Waals surface area contributed by atoms with Crippen LogP contribution < -0.4 is 21.5 Å². The second-order valence-corrected chi connectivity index (χ2v) is 7.79. The Bertz CT molecular complexity index is 1180. The SMILES string of the molecule is CNc1cc(Nc2cccn(C3CC3)c2=O)nc2c(C(=O)NC3CCC3O)cnn12. The van der Waals surface area contributed by atoms with E-state index in [1.165, 1.54) is 10.7 Å². The van der Waals surface area contributed by atoms with Crippen LogP contribution in [-0.4, -0.2) is 49.4 Å². The highest BCUT2D eigenvalue weighted by Crippen LogP contribution is 2.33. The first-order chi connectivity index (χ1) is 14.5. The zero-order valence-corrected chi connectivity index (χ0v) is 16.5. The van der Waals surface area contributed by atoms with Crippen molar-refractivity contribution in [3.8, 4) is 0 Å². The van der Waals surface area contributed by atoms with Gasteiger partial charge in [0.05, 0.1) is 18.3 Å². The van der Waals surface area contributed by atoms with Gasteiger partial charge in [0.15, 0.2) is 5.65 Å². The van der Waals surface area contributed by atoms with Gasteiger partial charge < -0.3 is 25.6 Å². The number of anilines is 3. The lowest BCUT2D eigenvalue weighted by atomic mass is 9.89. The average molecular weight is 409 g/mol. The molecule has 1 amide bonds. The van der Waals surface area contributed by atoms with E-state index in [4.69, 9.17) is 0 Å². The van der Waals surface area contributed by atoms with E-state index in [1.54, 1.807) is 29.9 Å². The van der Waals surface area contributed by atoms with Gasteiger partial charge in [-0.05, 0) is 37.8 Å². The molecule has 2 atom stereocenters. The van der Waals surface area contributed by atoms with E-state index in [0.717, 1.165) is 19.3 Å². The van der Waals surface area contributed by atoms with Crippen molar-refractivity contribution < 1.29 is 9.90 Å². The van der Waals surface area contributed by atoms with Crippen molar-refractivity contribution in [2.24, 2.45) is 0 Å². The highest BCUT2D eigenvalue weighted by molar-refractivity contribution is 6.00. The van der Waals surface area contributed by atoms with Gasteiger partial charge in [0.1, 0.15) is 22.9 Å². The third-order valence-corrected chi connectivity index (χ3v) is 5.70. The van der Waals surface area contributed by atoms with Crippen LogP contribution in [0.25, 0.3) is 5.65 Å². The molecule has 0 spiro atoms. The van der Waals surface area contributed by atoms with E-state index in [1.807, 2.05) is 6.07 Å². The Labute approximate surface area is 171 Å². The molecule has 2 fully saturated rings. The first-order valence-electron chi connectivity index (χ1n) is 10.1. The quantitative estimate of drug-likeness (QED) is 0.483. The number of aliphatic hydroxyl groups excluding tert-OH is 1. The predicted octanol–water partition coefficient (Wildman–Crippen LogP) is 1.26. The third-order valence-electron chi connectivity index (χ3n) is 5.70. The van der Waals surface area contributed by atoms with Crippen molar-refractivity contribution in [3.63, 3.8) is 0 Å². The van der Waals surface area contributed by atoms with Crippen LogP contribution in [0.3, 0.4) is 0 Å². The maximum Gasteiger partial charge on any atom is 0.274 e. The van der Waals surface area contributed by atoms with Crippen LogP contribution in [0.4, 0.5) is 17.3 Å². The predicted molar refractivity (Wildman–Crippen MR) is 111 cm³/mol. The van der Waals surface area contributed by atoms with Gasteiger partial charge in [-0.15, -0.1) is 0 Å². The van der Waals surface area contributed by atoms with Gasteiger partial charge in [0.2, 0.25) is 0 Å². The Morgan fingerprint density at radius 1 is 1.27 bits per heavy atom. The van der Waals surface area contributed by atoms with Gasteiger partial charge in [-0.1, -0.05) is 0 Å². The maximum atomic E-state index is 12.7. The van der Waals surface area contributed by atoms with Gasteiger partial charge in [-0.25, -0.2) is 4.98 Å². The summed E-state index contributed by atoms with van der Waals surface area (Å²) in [7, 11) is 1.74. The third kappa shape index (κ3) is 3.18. The summed E-state index contributed by atoms with van der Waals surface area (Å²) in [6.45, 7) is 0. The number of carbonyl (C=O) groups is 1. The number of rotatable bonds is 6. The molecule has 0 saturated heterocycles. The Hall–Kier alpha value is -3.40. The molecule has 156 valence electrons. The molecule has 0 aromatic carbocycles. The molecule has 2 aliphatic carbocycles.